The molecule has 29 heavy (non-hydrogen) atoms. The molecule has 1 aliphatic rings. The van der Waals surface area contributed by atoms with Crippen molar-refractivity contribution < 1.29 is 26.4 Å². The van der Waals surface area contributed by atoms with Crippen molar-refractivity contribution in [1.29, 1.82) is 0 Å². The second kappa shape index (κ2) is 19.7. The van der Waals surface area contributed by atoms with Gasteiger partial charge in [-0.15, -0.1) is 0 Å². The zero-order chi connectivity index (χ0) is 20.3. The summed E-state index contributed by atoms with van der Waals surface area (Å²) in [6, 6.07) is 0. The number of unbranched alkanes of at least 4 members (excludes halogenated alkanes) is 11. The molecule has 4 heteroatoms. The van der Waals surface area contributed by atoms with Gasteiger partial charge in [0, 0.05) is 0 Å². The SMILES string of the molecule is CCCCCCCCCCOC(=O)C[N+]1(CCCCCCC)CCCCCC1.[Cl-]. The molecule has 0 amide bonds. The largest absolute Gasteiger partial charge is 1.00 e. The Morgan fingerprint density at radius 2 is 1.17 bits per heavy atom. The molecule has 1 saturated heterocycles. The Bertz CT molecular complexity index is 368. The Hall–Kier alpha value is -0.280. The third kappa shape index (κ3) is 15.2. The molecule has 0 spiro atoms. The number of hydrogen-bond acceptors (Lipinski definition) is 2. The molecule has 0 saturated carbocycles. The summed E-state index contributed by atoms with van der Waals surface area (Å²) in [4.78, 5) is 12.5. The van der Waals surface area contributed by atoms with Crippen molar-refractivity contribution >= 4 is 5.97 Å². The van der Waals surface area contributed by atoms with Gasteiger partial charge in [0.2, 0.25) is 0 Å². The predicted molar refractivity (Wildman–Crippen MR) is 121 cm³/mol. The number of rotatable bonds is 17. The molecular weight excluding hydrogens is 382 g/mol. The number of nitrogens with zero attached hydrogens (tertiary/aromatic N) is 1. The van der Waals surface area contributed by atoms with Crippen LogP contribution in [0.25, 0.3) is 0 Å². The smallest absolute Gasteiger partial charge is 0.361 e. The molecule has 0 unspecified atom stereocenters. The molecule has 3 nitrogen and oxygen atoms in total. The molecule has 0 aromatic heterocycles. The van der Waals surface area contributed by atoms with Gasteiger partial charge >= 0.3 is 5.97 Å². The minimum Gasteiger partial charge on any atom is -1.00 e. The van der Waals surface area contributed by atoms with Crippen molar-refractivity contribution in [1.82, 2.24) is 0 Å². The van der Waals surface area contributed by atoms with Crippen LogP contribution < -0.4 is 12.4 Å². The zero-order valence-electron chi connectivity index (χ0n) is 19.7. The van der Waals surface area contributed by atoms with Crippen LogP contribution in [0.3, 0.4) is 0 Å². The molecule has 174 valence electrons. The van der Waals surface area contributed by atoms with Crippen molar-refractivity contribution in [3.63, 3.8) is 0 Å². The monoisotopic (exact) mass is 431 g/mol. The molecule has 0 atom stereocenters. The molecule has 0 aliphatic carbocycles. The fourth-order valence-electron chi connectivity index (χ4n) is 4.61. The first-order valence-electron chi connectivity index (χ1n) is 12.7. The average Bonchev–Trinajstić information content (AvgIpc) is 2.92. The van der Waals surface area contributed by atoms with Gasteiger partial charge < -0.3 is 21.6 Å². The number of likely N-dealkylation sites (tertiary alicyclic amines) is 1. The van der Waals surface area contributed by atoms with E-state index in [-0.39, 0.29) is 18.4 Å². The lowest BCUT2D eigenvalue weighted by Gasteiger charge is -2.37. The number of carbonyl (C=O) groups is 1. The highest BCUT2D eigenvalue weighted by molar-refractivity contribution is 5.70. The second-order valence-corrected chi connectivity index (χ2v) is 9.19. The van der Waals surface area contributed by atoms with E-state index in [1.807, 2.05) is 0 Å². The van der Waals surface area contributed by atoms with Crippen LogP contribution in [0.15, 0.2) is 0 Å². The van der Waals surface area contributed by atoms with Gasteiger partial charge in [-0.3, -0.25) is 0 Å². The van der Waals surface area contributed by atoms with Gasteiger partial charge in [0.05, 0.1) is 26.2 Å². The molecule has 0 bridgehead atoms. The summed E-state index contributed by atoms with van der Waals surface area (Å²) in [5.41, 5.74) is 0. The summed E-state index contributed by atoms with van der Waals surface area (Å²) < 4.78 is 6.65. The number of ether oxygens (including phenoxy) is 1. The first-order valence-corrected chi connectivity index (χ1v) is 12.7. The summed E-state index contributed by atoms with van der Waals surface area (Å²) >= 11 is 0. The minimum absolute atomic E-state index is 0. The van der Waals surface area contributed by atoms with E-state index in [0.29, 0.717) is 13.2 Å². The van der Waals surface area contributed by atoms with Crippen molar-refractivity contribution in [3.8, 4) is 0 Å². The molecular formula is C25H50ClNO2. The van der Waals surface area contributed by atoms with Crippen LogP contribution >= 0.6 is 0 Å². The van der Waals surface area contributed by atoms with E-state index in [1.165, 1.54) is 122 Å². The first-order chi connectivity index (χ1) is 13.7. The van der Waals surface area contributed by atoms with Gasteiger partial charge in [0.1, 0.15) is 0 Å². The van der Waals surface area contributed by atoms with Gasteiger partial charge in [-0.2, -0.15) is 0 Å². The van der Waals surface area contributed by atoms with E-state index in [0.717, 1.165) is 10.9 Å². The third-order valence-corrected chi connectivity index (χ3v) is 6.48. The van der Waals surface area contributed by atoms with Gasteiger partial charge in [0.25, 0.3) is 0 Å². The molecule has 1 fully saturated rings. The Balaban J connectivity index is 0.00000784. The Kier molecular flexibility index (Phi) is 19.5. The van der Waals surface area contributed by atoms with Gasteiger partial charge in [-0.25, -0.2) is 4.79 Å². The standard InChI is InChI=1S/C25H50NO2.ClH/c1-3-5-7-9-10-11-15-19-23-28-25(27)24-26(20-16-12-8-6-4-2)21-17-13-14-18-22-26;/h3-24H2,1-2H3;1H/q+1;/p-1. The molecule has 0 aromatic rings. The van der Waals surface area contributed by atoms with Crippen LogP contribution in [-0.2, 0) is 9.53 Å². The van der Waals surface area contributed by atoms with Crippen LogP contribution in [0.2, 0.25) is 0 Å². The van der Waals surface area contributed by atoms with Crippen LogP contribution in [0.1, 0.15) is 123 Å². The van der Waals surface area contributed by atoms with Crippen LogP contribution in [0.4, 0.5) is 0 Å². The number of halogens is 1. The summed E-state index contributed by atoms with van der Waals surface area (Å²) in [7, 11) is 0. The van der Waals surface area contributed by atoms with Crippen molar-refractivity contribution in [3.05, 3.63) is 0 Å². The zero-order valence-corrected chi connectivity index (χ0v) is 20.5. The molecule has 0 radical (unpaired) electrons. The molecule has 0 N–H and O–H groups in total. The van der Waals surface area contributed by atoms with Gasteiger partial charge in [0.15, 0.2) is 6.54 Å². The molecule has 1 heterocycles. The van der Waals surface area contributed by atoms with Crippen LogP contribution in [-0.4, -0.2) is 43.2 Å². The summed E-state index contributed by atoms with van der Waals surface area (Å²) in [6.07, 6.45) is 22.1. The maximum Gasteiger partial charge on any atom is 0.361 e. The Morgan fingerprint density at radius 3 is 1.72 bits per heavy atom. The van der Waals surface area contributed by atoms with E-state index in [1.54, 1.807) is 0 Å². The molecule has 0 aromatic carbocycles. The second-order valence-electron chi connectivity index (χ2n) is 9.19. The van der Waals surface area contributed by atoms with Crippen molar-refractivity contribution in [2.45, 2.75) is 123 Å². The highest BCUT2D eigenvalue weighted by Gasteiger charge is 2.31. The predicted octanol–water partition coefficient (Wildman–Crippen LogP) is 4.04. The van der Waals surface area contributed by atoms with Crippen molar-refractivity contribution in [2.75, 3.05) is 32.8 Å². The summed E-state index contributed by atoms with van der Waals surface area (Å²) in [6.45, 7) is 9.32. The number of quaternary nitrogens is 1. The number of carbonyl (C=O) groups excluding carboxylic acids is 1. The van der Waals surface area contributed by atoms with Crippen molar-refractivity contribution in [2.24, 2.45) is 0 Å². The lowest BCUT2D eigenvalue weighted by Crippen LogP contribution is -3.00. The number of hydrogen-bond donors (Lipinski definition) is 0. The Morgan fingerprint density at radius 1 is 0.690 bits per heavy atom. The quantitative estimate of drug-likeness (QED) is 0.197. The van der Waals surface area contributed by atoms with Gasteiger partial charge in [-0.05, 0) is 44.9 Å². The fourth-order valence-corrected chi connectivity index (χ4v) is 4.61. The third-order valence-electron chi connectivity index (χ3n) is 6.48. The summed E-state index contributed by atoms with van der Waals surface area (Å²) in [5.74, 6) is 0.0541. The maximum atomic E-state index is 12.5. The van der Waals surface area contributed by atoms with E-state index in [4.69, 9.17) is 4.74 Å². The Labute approximate surface area is 188 Å². The normalized spacial score (nSPS) is 16.1. The fraction of sp³-hybridized carbons (Fsp3) is 0.960. The van der Waals surface area contributed by atoms with E-state index in [9.17, 15) is 4.79 Å². The van der Waals surface area contributed by atoms with Crippen LogP contribution in [0.5, 0.6) is 0 Å². The number of esters is 1. The lowest BCUT2D eigenvalue weighted by molar-refractivity contribution is -0.921. The highest BCUT2D eigenvalue weighted by atomic mass is 35.5. The van der Waals surface area contributed by atoms with Gasteiger partial charge in [-0.1, -0.05) is 78.1 Å². The van der Waals surface area contributed by atoms with Crippen LogP contribution in [0, 0.1) is 0 Å². The summed E-state index contributed by atoms with van der Waals surface area (Å²) in [5, 5.41) is 0. The average molecular weight is 432 g/mol. The molecule has 1 rings (SSSR count). The first kappa shape index (κ1) is 28.7. The van der Waals surface area contributed by atoms with E-state index >= 15 is 0 Å². The van der Waals surface area contributed by atoms with E-state index < -0.39 is 0 Å². The molecule has 1 aliphatic heterocycles. The lowest BCUT2D eigenvalue weighted by atomic mass is 10.1. The minimum atomic E-state index is 0. The highest BCUT2D eigenvalue weighted by Crippen LogP contribution is 2.21. The topological polar surface area (TPSA) is 26.3 Å². The maximum absolute atomic E-state index is 12.5. The van der Waals surface area contributed by atoms with E-state index in [2.05, 4.69) is 13.8 Å².